The van der Waals surface area contributed by atoms with E-state index in [1.165, 1.54) is 0 Å². The van der Waals surface area contributed by atoms with E-state index in [-0.39, 0.29) is 18.4 Å². The molecule has 144 valence electrons. The predicted molar refractivity (Wildman–Crippen MR) is 106 cm³/mol. The Balaban J connectivity index is 1.80. The minimum absolute atomic E-state index is 0.0515. The number of benzene rings is 2. The van der Waals surface area contributed by atoms with Gasteiger partial charge < -0.3 is 25.4 Å². The summed E-state index contributed by atoms with van der Waals surface area (Å²) in [6.45, 7) is 2.89. The minimum atomic E-state index is -0.175. The van der Waals surface area contributed by atoms with E-state index in [2.05, 4.69) is 16.0 Å². The van der Waals surface area contributed by atoms with Crippen molar-refractivity contribution in [3.05, 3.63) is 48.5 Å². The summed E-state index contributed by atoms with van der Waals surface area (Å²) in [5.41, 5.74) is 2.15. The van der Waals surface area contributed by atoms with Crippen molar-refractivity contribution in [3.63, 3.8) is 0 Å². The van der Waals surface area contributed by atoms with Crippen LogP contribution in [0.15, 0.2) is 48.5 Å². The molecule has 2 aromatic rings. The fourth-order valence-corrected chi connectivity index (χ4v) is 2.21. The van der Waals surface area contributed by atoms with Crippen LogP contribution in [0.2, 0.25) is 0 Å². The highest BCUT2D eigenvalue weighted by Gasteiger charge is 2.04. The zero-order valence-corrected chi connectivity index (χ0v) is 15.6. The van der Waals surface area contributed by atoms with Crippen molar-refractivity contribution in [1.82, 2.24) is 0 Å². The normalized spacial score (nSPS) is 10.1. The molecule has 2 amide bonds. The number of carbonyl (C=O) groups is 2. The number of hydrogen-bond donors (Lipinski definition) is 3. The van der Waals surface area contributed by atoms with Gasteiger partial charge in [-0.2, -0.15) is 0 Å². The van der Waals surface area contributed by atoms with Gasteiger partial charge in [0.25, 0.3) is 0 Å². The Labute approximate surface area is 159 Å². The Hall–Kier alpha value is -3.06. The molecule has 0 fully saturated rings. The highest BCUT2D eigenvalue weighted by atomic mass is 16.5. The lowest BCUT2D eigenvalue weighted by molar-refractivity contribution is -0.116. The minimum Gasteiger partial charge on any atom is -0.491 e. The number of nitrogens with one attached hydrogen (secondary N) is 3. The summed E-state index contributed by atoms with van der Waals surface area (Å²) in [6.07, 6.45) is 0.419. The molecule has 0 bridgehead atoms. The third-order valence-corrected chi connectivity index (χ3v) is 3.62. The van der Waals surface area contributed by atoms with Gasteiger partial charge in [0.15, 0.2) is 0 Å². The van der Waals surface area contributed by atoms with Crippen molar-refractivity contribution in [2.24, 2.45) is 0 Å². The molecule has 0 aromatic heterocycles. The average Bonchev–Trinajstić information content (AvgIpc) is 2.68. The zero-order valence-electron chi connectivity index (χ0n) is 15.6. The maximum absolute atomic E-state index is 12.1. The van der Waals surface area contributed by atoms with Crippen LogP contribution in [0.25, 0.3) is 0 Å². The summed E-state index contributed by atoms with van der Waals surface area (Å²) in [4.78, 5) is 23.5. The lowest BCUT2D eigenvalue weighted by Gasteiger charge is -2.10. The summed E-state index contributed by atoms with van der Waals surface area (Å²) in [5, 5.41) is 8.62. The third-order valence-electron chi connectivity index (χ3n) is 3.62. The summed E-state index contributed by atoms with van der Waals surface area (Å²) >= 11 is 0. The number of hydrogen-bond acceptors (Lipinski definition) is 5. The molecule has 0 aliphatic rings. The van der Waals surface area contributed by atoms with Crippen LogP contribution in [0.5, 0.6) is 5.75 Å². The first-order chi connectivity index (χ1) is 13.1. The number of anilines is 3. The molecule has 0 saturated heterocycles. The highest BCUT2D eigenvalue weighted by molar-refractivity contribution is 5.94. The molecule has 27 heavy (non-hydrogen) atoms. The van der Waals surface area contributed by atoms with Gasteiger partial charge in [-0.15, -0.1) is 0 Å². The molecule has 0 aliphatic heterocycles. The topological polar surface area (TPSA) is 88.7 Å². The Morgan fingerprint density at radius 2 is 1.56 bits per heavy atom. The van der Waals surface area contributed by atoms with Crippen LogP contribution in [-0.4, -0.2) is 38.7 Å². The first-order valence-corrected chi connectivity index (χ1v) is 8.76. The number of methoxy groups -OCH3 is 1. The molecule has 0 atom stereocenters. The standard InChI is InChI=1S/C20H25N3O4/c1-3-19(24)22-15-7-9-16(10-8-15)23-20(25)14-21-17-5-4-6-18(13-17)27-12-11-26-2/h4-10,13,21H,3,11-12,14H2,1-2H3,(H,22,24)(H,23,25). The van der Waals surface area contributed by atoms with Crippen LogP contribution in [0.1, 0.15) is 13.3 Å². The summed E-state index contributed by atoms with van der Waals surface area (Å²) < 4.78 is 10.5. The van der Waals surface area contributed by atoms with Gasteiger partial charge in [-0.3, -0.25) is 9.59 Å². The SMILES string of the molecule is CCC(=O)Nc1ccc(NC(=O)CNc2cccc(OCCOC)c2)cc1. The number of amides is 2. The van der Waals surface area contributed by atoms with E-state index in [9.17, 15) is 9.59 Å². The van der Waals surface area contributed by atoms with Crippen molar-refractivity contribution in [1.29, 1.82) is 0 Å². The number of rotatable bonds is 10. The largest absolute Gasteiger partial charge is 0.491 e. The van der Waals surface area contributed by atoms with Crippen molar-refractivity contribution in [2.75, 3.05) is 42.8 Å². The fraction of sp³-hybridized carbons (Fsp3) is 0.300. The van der Waals surface area contributed by atoms with E-state index in [0.717, 1.165) is 5.69 Å². The maximum Gasteiger partial charge on any atom is 0.243 e. The van der Waals surface area contributed by atoms with Crippen LogP contribution in [0, 0.1) is 0 Å². The molecule has 0 spiro atoms. The molecule has 0 aliphatic carbocycles. The lowest BCUT2D eigenvalue weighted by atomic mass is 10.2. The van der Waals surface area contributed by atoms with Gasteiger partial charge in [0, 0.05) is 36.7 Å². The number of ether oxygens (including phenoxy) is 2. The van der Waals surface area contributed by atoms with Crippen molar-refractivity contribution >= 4 is 28.9 Å². The first-order valence-electron chi connectivity index (χ1n) is 8.76. The maximum atomic E-state index is 12.1. The molecule has 3 N–H and O–H groups in total. The zero-order chi connectivity index (χ0) is 19.5. The molecule has 0 saturated carbocycles. The molecule has 7 nitrogen and oxygen atoms in total. The highest BCUT2D eigenvalue weighted by Crippen LogP contribution is 2.17. The van der Waals surface area contributed by atoms with E-state index < -0.39 is 0 Å². The van der Waals surface area contributed by atoms with Gasteiger partial charge in [-0.05, 0) is 36.4 Å². The quantitative estimate of drug-likeness (QED) is 0.559. The van der Waals surface area contributed by atoms with Gasteiger partial charge in [0.05, 0.1) is 13.2 Å². The first kappa shape index (κ1) is 20.3. The van der Waals surface area contributed by atoms with Gasteiger partial charge in [0.1, 0.15) is 12.4 Å². The van der Waals surface area contributed by atoms with Crippen LogP contribution in [0.4, 0.5) is 17.1 Å². The Morgan fingerprint density at radius 1 is 0.889 bits per heavy atom. The third kappa shape index (κ3) is 7.37. The second kappa shape index (κ2) is 10.8. The Bertz CT molecular complexity index is 747. The molecule has 0 heterocycles. The molecule has 2 aromatic carbocycles. The second-order valence-corrected chi connectivity index (χ2v) is 5.75. The van der Waals surface area contributed by atoms with Crippen LogP contribution in [0.3, 0.4) is 0 Å². The van der Waals surface area contributed by atoms with Crippen molar-refractivity contribution in [3.8, 4) is 5.75 Å². The van der Waals surface area contributed by atoms with Gasteiger partial charge in [0.2, 0.25) is 11.8 Å². The second-order valence-electron chi connectivity index (χ2n) is 5.75. The fourth-order valence-electron chi connectivity index (χ4n) is 2.21. The van der Waals surface area contributed by atoms with E-state index >= 15 is 0 Å². The van der Waals surface area contributed by atoms with Crippen molar-refractivity contribution < 1.29 is 19.1 Å². The smallest absolute Gasteiger partial charge is 0.243 e. The molecule has 2 rings (SSSR count). The lowest BCUT2D eigenvalue weighted by Crippen LogP contribution is -2.21. The Kier molecular flexibility index (Phi) is 8.12. The number of carbonyl (C=O) groups excluding carboxylic acids is 2. The van der Waals surface area contributed by atoms with Crippen LogP contribution >= 0.6 is 0 Å². The van der Waals surface area contributed by atoms with E-state index in [1.54, 1.807) is 38.3 Å². The van der Waals surface area contributed by atoms with Gasteiger partial charge in [-0.25, -0.2) is 0 Å². The van der Waals surface area contributed by atoms with Crippen LogP contribution in [-0.2, 0) is 14.3 Å². The Morgan fingerprint density at radius 3 is 2.19 bits per heavy atom. The molecular weight excluding hydrogens is 346 g/mol. The summed E-state index contributed by atoms with van der Waals surface area (Å²) in [6, 6.07) is 14.4. The predicted octanol–water partition coefficient (Wildman–Crippen LogP) is 3.11. The molecule has 0 unspecified atom stereocenters. The van der Waals surface area contributed by atoms with Crippen molar-refractivity contribution in [2.45, 2.75) is 13.3 Å². The van der Waals surface area contributed by atoms with E-state index in [1.807, 2.05) is 24.3 Å². The van der Waals surface area contributed by atoms with Gasteiger partial charge >= 0.3 is 0 Å². The van der Waals surface area contributed by atoms with E-state index in [0.29, 0.717) is 36.8 Å². The van der Waals surface area contributed by atoms with Gasteiger partial charge in [-0.1, -0.05) is 13.0 Å². The molecule has 7 heteroatoms. The summed E-state index contributed by atoms with van der Waals surface area (Å²) in [7, 11) is 1.62. The summed E-state index contributed by atoms with van der Waals surface area (Å²) in [5.74, 6) is 0.484. The average molecular weight is 371 g/mol. The molecule has 0 radical (unpaired) electrons. The molecular formula is C20H25N3O4. The monoisotopic (exact) mass is 371 g/mol. The van der Waals surface area contributed by atoms with E-state index in [4.69, 9.17) is 9.47 Å². The van der Waals surface area contributed by atoms with Crippen LogP contribution < -0.4 is 20.7 Å².